The number of anilines is 1. The largest absolute Gasteiger partial charge is 0.333 e. The van der Waals surface area contributed by atoms with Gasteiger partial charge in [0.25, 0.3) is 0 Å². The van der Waals surface area contributed by atoms with Gasteiger partial charge in [0, 0.05) is 25.5 Å². The minimum absolute atomic E-state index is 0.0546. The van der Waals surface area contributed by atoms with Crippen LogP contribution in [0.2, 0.25) is 0 Å². The summed E-state index contributed by atoms with van der Waals surface area (Å²) in [5, 5.41) is 2.66. The van der Waals surface area contributed by atoms with Crippen LogP contribution in [0, 0.1) is 6.92 Å². The van der Waals surface area contributed by atoms with Gasteiger partial charge in [0.1, 0.15) is 5.82 Å². The van der Waals surface area contributed by atoms with Gasteiger partial charge in [-0.15, -0.1) is 0 Å². The van der Waals surface area contributed by atoms with Crippen molar-refractivity contribution < 1.29 is 9.59 Å². The van der Waals surface area contributed by atoms with Gasteiger partial charge in [-0.3, -0.25) is 14.6 Å². The molecule has 0 aliphatic heterocycles. The van der Waals surface area contributed by atoms with Crippen molar-refractivity contribution in [2.75, 3.05) is 18.9 Å². The number of nitrogens with one attached hydrogen (secondary N) is 1. The Balaban J connectivity index is 1.88. The SMILES string of the molecule is Cc1ccnc(NC(=O)CN(C)C(=O)/C=C\c2ccccn2)c1. The lowest BCUT2D eigenvalue weighted by Gasteiger charge is -2.14. The van der Waals surface area contributed by atoms with Crippen LogP contribution in [0.3, 0.4) is 0 Å². The molecule has 2 rings (SSSR count). The van der Waals surface area contributed by atoms with Gasteiger partial charge in [0.15, 0.2) is 0 Å². The molecule has 0 saturated carbocycles. The second kappa shape index (κ2) is 7.84. The Morgan fingerprint density at radius 3 is 2.74 bits per heavy atom. The van der Waals surface area contributed by atoms with Gasteiger partial charge in [-0.1, -0.05) is 6.07 Å². The zero-order valence-corrected chi connectivity index (χ0v) is 13.1. The highest BCUT2D eigenvalue weighted by Crippen LogP contribution is 2.05. The summed E-state index contributed by atoms with van der Waals surface area (Å²) < 4.78 is 0. The third-order valence-electron chi connectivity index (χ3n) is 3.02. The highest BCUT2D eigenvalue weighted by Gasteiger charge is 2.11. The number of hydrogen-bond acceptors (Lipinski definition) is 4. The summed E-state index contributed by atoms with van der Waals surface area (Å²) in [6.45, 7) is 1.86. The number of rotatable bonds is 5. The molecule has 1 N–H and O–H groups in total. The fourth-order valence-electron chi connectivity index (χ4n) is 1.84. The lowest BCUT2D eigenvalue weighted by molar-refractivity contribution is -0.129. The normalized spacial score (nSPS) is 10.5. The molecular formula is C17H18N4O2. The van der Waals surface area contributed by atoms with Gasteiger partial charge in [-0.2, -0.15) is 0 Å². The van der Waals surface area contributed by atoms with Gasteiger partial charge < -0.3 is 10.2 Å². The monoisotopic (exact) mass is 310 g/mol. The molecule has 0 aromatic carbocycles. The average molecular weight is 310 g/mol. The molecule has 0 unspecified atom stereocenters. The first-order chi connectivity index (χ1) is 11.0. The van der Waals surface area contributed by atoms with E-state index in [1.54, 1.807) is 43.7 Å². The van der Waals surface area contributed by atoms with Crippen molar-refractivity contribution in [3.05, 3.63) is 60.1 Å². The van der Waals surface area contributed by atoms with Crippen molar-refractivity contribution in [3.8, 4) is 0 Å². The number of carbonyl (C=O) groups is 2. The van der Waals surface area contributed by atoms with Crippen LogP contribution >= 0.6 is 0 Å². The van der Waals surface area contributed by atoms with Crippen molar-refractivity contribution in [2.24, 2.45) is 0 Å². The van der Waals surface area contributed by atoms with Crippen molar-refractivity contribution in [1.82, 2.24) is 14.9 Å². The van der Waals surface area contributed by atoms with Crippen molar-refractivity contribution >= 4 is 23.7 Å². The fourth-order valence-corrected chi connectivity index (χ4v) is 1.84. The number of hydrogen-bond donors (Lipinski definition) is 1. The van der Waals surface area contributed by atoms with Crippen LogP contribution in [-0.2, 0) is 9.59 Å². The zero-order chi connectivity index (χ0) is 16.7. The maximum Gasteiger partial charge on any atom is 0.246 e. The van der Waals surface area contributed by atoms with E-state index in [2.05, 4.69) is 15.3 Å². The Labute approximate surface area is 134 Å². The molecule has 0 atom stereocenters. The fraction of sp³-hybridized carbons (Fsp3) is 0.176. The summed E-state index contributed by atoms with van der Waals surface area (Å²) in [7, 11) is 1.56. The van der Waals surface area contributed by atoms with E-state index in [9.17, 15) is 9.59 Å². The number of aryl methyl sites for hydroxylation is 1. The first-order valence-electron chi connectivity index (χ1n) is 7.11. The summed E-state index contributed by atoms with van der Waals surface area (Å²) in [6.07, 6.45) is 6.27. The topological polar surface area (TPSA) is 75.2 Å². The Bertz CT molecular complexity index is 714. The molecule has 0 aliphatic carbocycles. The van der Waals surface area contributed by atoms with Gasteiger partial charge in [-0.05, 0) is 42.8 Å². The molecule has 2 aromatic heterocycles. The number of likely N-dealkylation sites (N-methyl/N-ethyl adjacent to an activating group) is 1. The van der Waals surface area contributed by atoms with Crippen LogP contribution in [0.25, 0.3) is 6.08 Å². The summed E-state index contributed by atoms with van der Waals surface area (Å²) in [6, 6.07) is 9.03. The number of aromatic nitrogens is 2. The van der Waals surface area contributed by atoms with Gasteiger partial charge in [0.05, 0.1) is 12.2 Å². The molecule has 6 heteroatoms. The molecule has 0 fully saturated rings. The maximum absolute atomic E-state index is 12.0. The number of nitrogens with zero attached hydrogens (tertiary/aromatic N) is 3. The second-order valence-corrected chi connectivity index (χ2v) is 5.05. The highest BCUT2D eigenvalue weighted by molar-refractivity contribution is 5.97. The quantitative estimate of drug-likeness (QED) is 0.856. The average Bonchev–Trinajstić information content (AvgIpc) is 2.53. The molecule has 0 spiro atoms. The van der Waals surface area contributed by atoms with E-state index in [1.807, 2.05) is 19.1 Å². The lowest BCUT2D eigenvalue weighted by atomic mass is 10.3. The van der Waals surface area contributed by atoms with Crippen LogP contribution in [0.4, 0.5) is 5.82 Å². The third-order valence-corrected chi connectivity index (χ3v) is 3.02. The molecule has 2 aromatic rings. The van der Waals surface area contributed by atoms with E-state index in [0.717, 1.165) is 5.56 Å². The number of carbonyl (C=O) groups excluding carboxylic acids is 2. The van der Waals surface area contributed by atoms with Crippen molar-refractivity contribution in [1.29, 1.82) is 0 Å². The lowest BCUT2D eigenvalue weighted by Crippen LogP contribution is -2.34. The van der Waals surface area contributed by atoms with E-state index in [-0.39, 0.29) is 18.4 Å². The first-order valence-corrected chi connectivity index (χ1v) is 7.11. The van der Waals surface area contributed by atoms with Crippen LogP contribution in [0.1, 0.15) is 11.3 Å². The van der Waals surface area contributed by atoms with Crippen LogP contribution in [-0.4, -0.2) is 40.3 Å². The molecule has 118 valence electrons. The smallest absolute Gasteiger partial charge is 0.246 e. The standard InChI is InChI=1S/C17H18N4O2/c1-13-8-10-19-15(11-13)20-16(22)12-21(2)17(23)7-6-14-5-3-4-9-18-14/h3-11H,12H2,1-2H3,(H,19,20,22)/b7-6-. The molecule has 2 amide bonds. The van der Waals surface area contributed by atoms with Crippen molar-refractivity contribution in [2.45, 2.75) is 6.92 Å². The molecule has 2 heterocycles. The third kappa shape index (κ3) is 5.35. The molecule has 0 aliphatic rings. The Hall–Kier alpha value is -3.02. The zero-order valence-electron chi connectivity index (χ0n) is 13.1. The first kappa shape index (κ1) is 16.4. The van der Waals surface area contributed by atoms with E-state index in [0.29, 0.717) is 11.5 Å². The number of pyridine rings is 2. The predicted octanol–water partition coefficient (Wildman–Crippen LogP) is 1.90. The molecule has 23 heavy (non-hydrogen) atoms. The van der Waals surface area contributed by atoms with Crippen LogP contribution in [0.5, 0.6) is 0 Å². The van der Waals surface area contributed by atoms with Crippen LogP contribution in [0.15, 0.2) is 48.8 Å². The highest BCUT2D eigenvalue weighted by atomic mass is 16.2. The Morgan fingerprint density at radius 2 is 2.04 bits per heavy atom. The van der Waals surface area contributed by atoms with Crippen LogP contribution < -0.4 is 5.32 Å². The van der Waals surface area contributed by atoms with E-state index >= 15 is 0 Å². The van der Waals surface area contributed by atoms with E-state index in [4.69, 9.17) is 0 Å². The summed E-state index contributed by atoms with van der Waals surface area (Å²) in [5.41, 5.74) is 1.68. The van der Waals surface area contributed by atoms with Crippen molar-refractivity contribution in [3.63, 3.8) is 0 Å². The minimum atomic E-state index is -0.301. The van der Waals surface area contributed by atoms with Gasteiger partial charge in [0.2, 0.25) is 11.8 Å². The number of amides is 2. The maximum atomic E-state index is 12.0. The molecule has 0 radical (unpaired) electrons. The predicted molar refractivity (Wildman–Crippen MR) is 88.5 cm³/mol. The Morgan fingerprint density at radius 1 is 1.22 bits per heavy atom. The van der Waals surface area contributed by atoms with Gasteiger partial charge in [-0.25, -0.2) is 4.98 Å². The molecular weight excluding hydrogens is 292 g/mol. The second-order valence-electron chi connectivity index (χ2n) is 5.05. The molecule has 6 nitrogen and oxygen atoms in total. The van der Waals surface area contributed by atoms with Gasteiger partial charge >= 0.3 is 0 Å². The summed E-state index contributed by atoms with van der Waals surface area (Å²) in [4.78, 5) is 33.4. The van der Waals surface area contributed by atoms with E-state index < -0.39 is 0 Å². The molecule has 0 saturated heterocycles. The summed E-state index contributed by atoms with van der Waals surface area (Å²) in [5.74, 6) is -0.104. The summed E-state index contributed by atoms with van der Waals surface area (Å²) >= 11 is 0. The Kier molecular flexibility index (Phi) is 5.57. The molecule has 0 bridgehead atoms. The van der Waals surface area contributed by atoms with E-state index in [1.165, 1.54) is 11.0 Å². The minimum Gasteiger partial charge on any atom is -0.333 e.